The van der Waals surface area contributed by atoms with E-state index in [1.807, 2.05) is 0 Å². The third kappa shape index (κ3) is 3.96. The van der Waals surface area contributed by atoms with E-state index in [2.05, 4.69) is 20.3 Å². The molecular weight excluding hydrogens is 277 g/mol. The number of anilines is 1. The second kappa shape index (κ2) is 6.76. The predicted octanol–water partition coefficient (Wildman–Crippen LogP) is 1.55. The summed E-state index contributed by atoms with van der Waals surface area (Å²) in [7, 11) is 1.26. The Morgan fingerprint density at radius 2 is 2.19 bits per heavy atom. The number of methoxy groups -OCH3 is 1. The highest BCUT2D eigenvalue weighted by Gasteiger charge is 2.10. The summed E-state index contributed by atoms with van der Waals surface area (Å²) in [4.78, 5) is 11.2. The Balaban J connectivity index is 1.95. The smallest absolute Gasteiger partial charge is 0.358 e. The number of carbonyl (C=O) groups excluding carboxylic acids is 1. The highest BCUT2D eigenvalue weighted by atomic mass is 19.1. The van der Waals surface area contributed by atoms with Gasteiger partial charge < -0.3 is 15.2 Å². The molecule has 6 nitrogen and oxygen atoms in total. The molecule has 7 heteroatoms. The fraction of sp³-hybridized carbons (Fsp3) is 0.214. The Hall–Kier alpha value is -2.54. The summed E-state index contributed by atoms with van der Waals surface area (Å²) >= 11 is 0. The van der Waals surface area contributed by atoms with Crippen molar-refractivity contribution in [3.63, 3.8) is 0 Å². The van der Waals surface area contributed by atoms with Gasteiger partial charge in [0.15, 0.2) is 5.69 Å². The minimum absolute atomic E-state index is 0.0914. The number of halogens is 1. The van der Waals surface area contributed by atoms with Crippen molar-refractivity contribution < 1.29 is 19.0 Å². The van der Waals surface area contributed by atoms with Crippen LogP contribution in [0.3, 0.4) is 0 Å². The second-order valence-corrected chi connectivity index (χ2v) is 4.25. The lowest BCUT2D eigenvalue weighted by Crippen LogP contribution is -2.14. The first-order chi connectivity index (χ1) is 10.1. The van der Waals surface area contributed by atoms with E-state index >= 15 is 0 Å². The number of aliphatic hydroxyl groups excluding tert-OH is 1. The Bertz CT molecular complexity index is 619. The summed E-state index contributed by atoms with van der Waals surface area (Å²) in [6, 6.07) is 8.71. The monoisotopic (exact) mass is 291 g/mol. The fourth-order valence-electron chi connectivity index (χ4n) is 1.67. The molecule has 0 saturated carbocycles. The van der Waals surface area contributed by atoms with E-state index in [1.54, 1.807) is 6.07 Å². The number of hydrogen-bond acceptors (Lipinski definition) is 6. The molecule has 0 saturated heterocycles. The number of rotatable bonds is 5. The van der Waals surface area contributed by atoms with E-state index < -0.39 is 17.9 Å². The lowest BCUT2D eigenvalue weighted by atomic mass is 10.1. The predicted molar refractivity (Wildman–Crippen MR) is 73.2 cm³/mol. The zero-order valence-electron chi connectivity index (χ0n) is 11.3. The minimum atomic E-state index is -0.886. The molecule has 0 aliphatic carbocycles. The molecule has 2 aromatic rings. The van der Waals surface area contributed by atoms with Gasteiger partial charge in [-0.05, 0) is 29.8 Å². The van der Waals surface area contributed by atoms with E-state index in [4.69, 9.17) is 0 Å². The first-order valence-electron chi connectivity index (χ1n) is 6.19. The van der Waals surface area contributed by atoms with E-state index in [0.717, 1.165) is 0 Å². The van der Waals surface area contributed by atoms with Gasteiger partial charge in [0.1, 0.15) is 11.6 Å². The Morgan fingerprint density at radius 1 is 1.38 bits per heavy atom. The molecule has 1 aromatic carbocycles. The van der Waals surface area contributed by atoms with Gasteiger partial charge in [-0.25, -0.2) is 9.18 Å². The number of aromatic nitrogens is 2. The number of esters is 1. The van der Waals surface area contributed by atoms with Crippen LogP contribution in [0.2, 0.25) is 0 Å². The first-order valence-corrected chi connectivity index (χ1v) is 6.19. The van der Waals surface area contributed by atoms with Gasteiger partial charge in [-0.2, -0.15) is 0 Å². The van der Waals surface area contributed by atoms with Crippen molar-refractivity contribution in [3.8, 4) is 0 Å². The Kier molecular flexibility index (Phi) is 4.78. The Labute approximate surface area is 120 Å². The average Bonchev–Trinajstić information content (AvgIpc) is 2.52. The highest BCUT2D eigenvalue weighted by Crippen LogP contribution is 2.14. The van der Waals surface area contributed by atoms with Crippen LogP contribution in [0.4, 0.5) is 10.2 Å². The number of aliphatic hydroxyl groups is 1. The number of ether oxygens (including phenoxy) is 1. The summed E-state index contributed by atoms with van der Waals surface area (Å²) in [5, 5.41) is 20.3. The van der Waals surface area contributed by atoms with Crippen molar-refractivity contribution in [2.45, 2.75) is 6.10 Å². The molecular formula is C14H14FN3O3. The van der Waals surface area contributed by atoms with E-state index in [-0.39, 0.29) is 12.2 Å². The van der Waals surface area contributed by atoms with Gasteiger partial charge in [-0.3, -0.25) is 0 Å². The van der Waals surface area contributed by atoms with Gasteiger partial charge in [-0.1, -0.05) is 12.1 Å². The van der Waals surface area contributed by atoms with Crippen molar-refractivity contribution in [2.24, 2.45) is 0 Å². The standard InChI is InChI=1S/C14H14FN3O3/c1-21-14(20)11-5-6-13(18-17-11)16-8-12(19)9-3-2-4-10(15)7-9/h2-7,12,19H,8H2,1H3,(H,16,18). The molecule has 1 aromatic heterocycles. The lowest BCUT2D eigenvalue weighted by Gasteiger charge is -2.12. The normalized spacial score (nSPS) is 11.8. The van der Waals surface area contributed by atoms with Gasteiger partial charge in [0.2, 0.25) is 0 Å². The second-order valence-electron chi connectivity index (χ2n) is 4.25. The average molecular weight is 291 g/mol. The molecule has 0 spiro atoms. The summed E-state index contributed by atoms with van der Waals surface area (Å²) in [6.07, 6.45) is -0.886. The lowest BCUT2D eigenvalue weighted by molar-refractivity contribution is 0.0592. The molecule has 0 bridgehead atoms. The van der Waals surface area contributed by atoms with Crippen molar-refractivity contribution in [3.05, 3.63) is 53.5 Å². The first kappa shape index (κ1) is 14.9. The van der Waals surface area contributed by atoms with Gasteiger partial charge >= 0.3 is 5.97 Å². The van der Waals surface area contributed by atoms with Crippen LogP contribution in [0.15, 0.2) is 36.4 Å². The van der Waals surface area contributed by atoms with Crippen LogP contribution in [0.25, 0.3) is 0 Å². The molecule has 110 valence electrons. The van der Waals surface area contributed by atoms with E-state index in [9.17, 15) is 14.3 Å². The van der Waals surface area contributed by atoms with E-state index in [1.165, 1.54) is 37.4 Å². The van der Waals surface area contributed by atoms with Crippen LogP contribution in [0.1, 0.15) is 22.2 Å². The number of nitrogens with zero attached hydrogens (tertiary/aromatic N) is 2. The third-order valence-electron chi connectivity index (χ3n) is 2.77. The van der Waals surface area contributed by atoms with Crippen LogP contribution in [-0.4, -0.2) is 34.9 Å². The number of nitrogens with one attached hydrogen (secondary N) is 1. The third-order valence-corrected chi connectivity index (χ3v) is 2.77. The van der Waals surface area contributed by atoms with Crippen LogP contribution in [0, 0.1) is 5.82 Å². The van der Waals surface area contributed by atoms with Gasteiger partial charge in [0.25, 0.3) is 0 Å². The molecule has 1 unspecified atom stereocenters. The molecule has 21 heavy (non-hydrogen) atoms. The van der Waals surface area contributed by atoms with Crippen LogP contribution >= 0.6 is 0 Å². The summed E-state index contributed by atoms with van der Waals surface area (Å²) in [5.74, 6) is -0.597. The molecule has 1 heterocycles. The SMILES string of the molecule is COC(=O)c1ccc(NCC(O)c2cccc(F)c2)nn1. The fourth-order valence-corrected chi connectivity index (χ4v) is 1.67. The topological polar surface area (TPSA) is 84.3 Å². The van der Waals surface area contributed by atoms with Crippen LogP contribution in [-0.2, 0) is 4.74 Å². The summed E-state index contributed by atoms with van der Waals surface area (Å²) in [6.45, 7) is 0.135. The maximum absolute atomic E-state index is 13.0. The summed E-state index contributed by atoms with van der Waals surface area (Å²) in [5.41, 5.74) is 0.551. The van der Waals surface area contributed by atoms with Crippen LogP contribution < -0.4 is 5.32 Å². The zero-order chi connectivity index (χ0) is 15.2. The molecule has 2 rings (SSSR count). The maximum atomic E-state index is 13.0. The number of hydrogen-bond donors (Lipinski definition) is 2. The molecule has 0 amide bonds. The molecule has 0 aliphatic heterocycles. The van der Waals surface area contributed by atoms with Gasteiger partial charge in [0, 0.05) is 6.54 Å². The molecule has 0 radical (unpaired) electrons. The largest absolute Gasteiger partial charge is 0.464 e. The molecule has 2 N–H and O–H groups in total. The zero-order valence-corrected chi connectivity index (χ0v) is 11.3. The quantitative estimate of drug-likeness (QED) is 0.813. The van der Waals surface area contributed by atoms with Crippen molar-refractivity contribution >= 4 is 11.8 Å². The van der Waals surface area contributed by atoms with Crippen LogP contribution in [0.5, 0.6) is 0 Å². The van der Waals surface area contributed by atoms with E-state index in [0.29, 0.717) is 11.4 Å². The molecule has 1 atom stereocenters. The Morgan fingerprint density at radius 3 is 2.81 bits per heavy atom. The number of benzene rings is 1. The number of carbonyl (C=O) groups is 1. The highest BCUT2D eigenvalue weighted by molar-refractivity contribution is 5.86. The molecule has 0 fully saturated rings. The van der Waals surface area contributed by atoms with Crippen molar-refractivity contribution in [1.82, 2.24) is 10.2 Å². The van der Waals surface area contributed by atoms with Gasteiger partial charge in [-0.15, -0.1) is 10.2 Å². The summed E-state index contributed by atoms with van der Waals surface area (Å²) < 4.78 is 17.6. The maximum Gasteiger partial charge on any atom is 0.358 e. The van der Waals surface area contributed by atoms with Crippen molar-refractivity contribution in [1.29, 1.82) is 0 Å². The van der Waals surface area contributed by atoms with Gasteiger partial charge in [0.05, 0.1) is 13.2 Å². The minimum Gasteiger partial charge on any atom is -0.464 e. The van der Waals surface area contributed by atoms with Crippen molar-refractivity contribution in [2.75, 3.05) is 19.0 Å². The molecule has 0 aliphatic rings.